The molecule has 4 nitrogen and oxygen atoms in total. The van der Waals surface area contributed by atoms with Crippen molar-refractivity contribution < 1.29 is 9.53 Å². The number of nitrogens with one attached hydrogen (secondary N) is 2. The van der Waals surface area contributed by atoms with Gasteiger partial charge in [0.05, 0.1) is 19.7 Å². The van der Waals surface area contributed by atoms with E-state index in [2.05, 4.69) is 10.6 Å². The van der Waals surface area contributed by atoms with Gasteiger partial charge in [0.1, 0.15) is 5.75 Å². The Bertz CT molecular complexity index is 584. The van der Waals surface area contributed by atoms with Crippen molar-refractivity contribution >= 4 is 11.6 Å². The summed E-state index contributed by atoms with van der Waals surface area (Å²) in [5.41, 5.74) is 1.89. The molecule has 2 aromatic carbocycles. The second-order valence-corrected chi connectivity index (χ2v) is 4.75. The van der Waals surface area contributed by atoms with Crippen molar-refractivity contribution in [1.82, 2.24) is 5.32 Å². The summed E-state index contributed by atoms with van der Waals surface area (Å²) in [6.45, 7) is 2.18. The van der Waals surface area contributed by atoms with E-state index in [0.29, 0.717) is 0 Å². The maximum absolute atomic E-state index is 12.0. The Hall–Kier alpha value is -2.49. The molecular formula is C17H20N2O2. The first-order chi connectivity index (χ1) is 10.2. The van der Waals surface area contributed by atoms with E-state index in [4.69, 9.17) is 4.74 Å². The number of benzene rings is 2. The summed E-state index contributed by atoms with van der Waals surface area (Å²) in [4.78, 5) is 12.0. The Morgan fingerprint density at radius 2 is 1.76 bits per heavy atom. The summed E-state index contributed by atoms with van der Waals surface area (Å²) < 4.78 is 5.31. The average Bonchev–Trinajstić information content (AvgIpc) is 2.53. The number of para-hydroxylation sites is 2. The minimum atomic E-state index is -0.105. The smallest absolute Gasteiger partial charge is 0.239 e. The Morgan fingerprint density at radius 3 is 2.48 bits per heavy atom. The first-order valence-electron chi connectivity index (χ1n) is 6.92. The molecular weight excluding hydrogens is 264 g/mol. The van der Waals surface area contributed by atoms with Crippen molar-refractivity contribution in [2.45, 2.75) is 13.0 Å². The minimum absolute atomic E-state index is 0.0581. The average molecular weight is 284 g/mol. The lowest BCUT2D eigenvalue weighted by Crippen LogP contribution is -2.32. The van der Waals surface area contributed by atoms with Crippen LogP contribution < -0.4 is 15.4 Å². The molecule has 2 N–H and O–H groups in total. The van der Waals surface area contributed by atoms with E-state index in [-0.39, 0.29) is 18.5 Å². The van der Waals surface area contributed by atoms with Gasteiger partial charge in [0.2, 0.25) is 5.91 Å². The zero-order chi connectivity index (χ0) is 15.1. The molecule has 110 valence electrons. The Morgan fingerprint density at radius 1 is 1.10 bits per heavy atom. The van der Waals surface area contributed by atoms with Crippen LogP contribution in [0.5, 0.6) is 5.75 Å². The van der Waals surface area contributed by atoms with Crippen molar-refractivity contribution in [3.63, 3.8) is 0 Å². The number of ether oxygens (including phenoxy) is 1. The van der Waals surface area contributed by atoms with Gasteiger partial charge in [-0.15, -0.1) is 0 Å². The van der Waals surface area contributed by atoms with E-state index < -0.39 is 0 Å². The van der Waals surface area contributed by atoms with Crippen LogP contribution in [0.25, 0.3) is 0 Å². The summed E-state index contributed by atoms with van der Waals surface area (Å²) in [6, 6.07) is 17.2. The van der Waals surface area contributed by atoms with Crippen LogP contribution in [-0.2, 0) is 4.79 Å². The van der Waals surface area contributed by atoms with Crippen LogP contribution >= 0.6 is 0 Å². The summed E-state index contributed by atoms with van der Waals surface area (Å²) >= 11 is 0. The zero-order valence-corrected chi connectivity index (χ0v) is 12.3. The Kier molecular flexibility index (Phi) is 5.21. The number of amides is 1. The molecule has 1 atom stereocenters. The van der Waals surface area contributed by atoms with E-state index in [1.54, 1.807) is 7.11 Å². The monoisotopic (exact) mass is 284 g/mol. The Labute approximate surface area is 125 Å². The van der Waals surface area contributed by atoms with Gasteiger partial charge >= 0.3 is 0 Å². The van der Waals surface area contributed by atoms with Gasteiger partial charge < -0.3 is 15.4 Å². The molecule has 1 amide bonds. The Balaban J connectivity index is 1.90. The standard InChI is InChI=1S/C17H20N2O2/c1-13(15-10-6-7-11-16(15)21-2)19-17(20)12-18-14-8-4-3-5-9-14/h3-11,13,18H,12H2,1-2H3,(H,19,20)/t13-/m1/s1. The molecule has 0 saturated carbocycles. The minimum Gasteiger partial charge on any atom is -0.496 e. The molecule has 0 heterocycles. The number of carbonyl (C=O) groups is 1. The molecule has 0 aliphatic heterocycles. The van der Waals surface area contributed by atoms with Crippen LogP contribution in [0.1, 0.15) is 18.5 Å². The predicted octanol–water partition coefficient (Wildman–Crippen LogP) is 2.98. The number of hydrogen-bond donors (Lipinski definition) is 2. The SMILES string of the molecule is COc1ccccc1[C@@H](C)NC(=O)CNc1ccccc1. The predicted molar refractivity (Wildman–Crippen MR) is 84.5 cm³/mol. The second-order valence-electron chi connectivity index (χ2n) is 4.75. The number of hydrogen-bond acceptors (Lipinski definition) is 3. The van der Waals surface area contributed by atoms with Crippen molar-refractivity contribution in [3.05, 3.63) is 60.2 Å². The zero-order valence-electron chi connectivity index (χ0n) is 12.3. The third-order valence-electron chi connectivity index (χ3n) is 3.21. The number of carbonyl (C=O) groups excluding carboxylic acids is 1. The van der Waals surface area contributed by atoms with Crippen LogP contribution in [0.4, 0.5) is 5.69 Å². The maximum Gasteiger partial charge on any atom is 0.239 e. The highest BCUT2D eigenvalue weighted by molar-refractivity contribution is 5.81. The largest absolute Gasteiger partial charge is 0.496 e. The van der Waals surface area contributed by atoms with Crippen LogP contribution in [0, 0.1) is 0 Å². The molecule has 0 spiro atoms. The lowest BCUT2D eigenvalue weighted by atomic mass is 10.1. The van der Waals surface area contributed by atoms with Gasteiger partial charge in [-0.2, -0.15) is 0 Å². The fraction of sp³-hybridized carbons (Fsp3) is 0.235. The number of anilines is 1. The summed E-state index contributed by atoms with van der Waals surface area (Å²) in [7, 11) is 1.63. The van der Waals surface area contributed by atoms with Gasteiger partial charge in [-0.25, -0.2) is 0 Å². The summed E-state index contributed by atoms with van der Waals surface area (Å²) in [5.74, 6) is 0.721. The lowest BCUT2D eigenvalue weighted by Gasteiger charge is -2.17. The van der Waals surface area contributed by atoms with E-state index in [1.165, 1.54) is 0 Å². The molecule has 0 bridgehead atoms. The van der Waals surface area contributed by atoms with E-state index in [1.807, 2.05) is 61.5 Å². The quantitative estimate of drug-likeness (QED) is 0.857. The van der Waals surface area contributed by atoms with Gasteiger partial charge in [0.15, 0.2) is 0 Å². The fourth-order valence-electron chi connectivity index (χ4n) is 2.13. The van der Waals surface area contributed by atoms with Crippen molar-refractivity contribution in [2.24, 2.45) is 0 Å². The summed E-state index contributed by atoms with van der Waals surface area (Å²) in [6.07, 6.45) is 0. The summed E-state index contributed by atoms with van der Waals surface area (Å²) in [5, 5.41) is 6.05. The van der Waals surface area contributed by atoms with Crippen molar-refractivity contribution in [2.75, 3.05) is 19.0 Å². The normalized spacial score (nSPS) is 11.5. The number of methoxy groups -OCH3 is 1. The molecule has 0 radical (unpaired) electrons. The van der Waals surface area contributed by atoms with Gasteiger partial charge in [-0.05, 0) is 25.1 Å². The van der Waals surface area contributed by atoms with Gasteiger partial charge in [0, 0.05) is 11.3 Å². The van der Waals surface area contributed by atoms with Gasteiger partial charge in [-0.1, -0.05) is 36.4 Å². The molecule has 0 aliphatic rings. The third kappa shape index (κ3) is 4.24. The maximum atomic E-state index is 12.0. The molecule has 4 heteroatoms. The highest BCUT2D eigenvalue weighted by Gasteiger charge is 2.13. The molecule has 0 unspecified atom stereocenters. The topological polar surface area (TPSA) is 50.4 Å². The van der Waals surface area contributed by atoms with Crippen molar-refractivity contribution in [1.29, 1.82) is 0 Å². The van der Waals surface area contributed by atoms with Crippen LogP contribution in [0.2, 0.25) is 0 Å². The van der Waals surface area contributed by atoms with Crippen LogP contribution in [0.3, 0.4) is 0 Å². The molecule has 2 rings (SSSR count). The van der Waals surface area contributed by atoms with Crippen molar-refractivity contribution in [3.8, 4) is 5.75 Å². The van der Waals surface area contributed by atoms with Gasteiger partial charge in [-0.3, -0.25) is 4.79 Å². The molecule has 0 aromatic heterocycles. The van der Waals surface area contributed by atoms with E-state index in [0.717, 1.165) is 17.0 Å². The highest BCUT2D eigenvalue weighted by atomic mass is 16.5. The van der Waals surface area contributed by atoms with Crippen LogP contribution in [-0.4, -0.2) is 19.6 Å². The molecule has 0 fully saturated rings. The molecule has 0 aliphatic carbocycles. The first kappa shape index (κ1) is 14.9. The third-order valence-corrected chi connectivity index (χ3v) is 3.21. The molecule has 0 saturated heterocycles. The second kappa shape index (κ2) is 7.33. The van der Waals surface area contributed by atoms with Crippen LogP contribution in [0.15, 0.2) is 54.6 Å². The van der Waals surface area contributed by atoms with E-state index in [9.17, 15) is 4.79 Å². The fourth-order valence-corrected chi connectivity index (χ4v) is 2.13. The van der Waals surface area contributed by atoms with E-state index >= 15 is 0 Å². The lowest BCUT2D eigenvalue weighted by molar-refractivity contribution is -0.120. The highest BCUT2D eigenvalue weighted by Crippen LogP contribution is 2.24. The van der Waals surface area contributed by atoms with Gasteiger partial charge in [0.25, 0.3) is 0 Å². The first-order valence-corrected chi connectivity index (χ1v) is 6.92. The molecule has 21 heavy (non-hydrogen) atoms. The number of rotatable bonds is 6. The molecule has 2 aromatic rings.